The molecular weight excluding hydrogens is 273 g/mol. The van der Waals surface area contributed by atoms with Crippen LogP contribution in [0.1, 0.15) is 22.8 Å². The molecule has 0 atom stereocenters. The van der Waals surface area contributed by atoms with Crippen LogP contribution < -0.4 is 11.5 Å². The van der Waals surface area contributed by atoms with Gasteiger partial charge in [-0.1, -0.05) is 6.07 Å². The van der Waals surface area contributed by atoms with Gasteiger partial charge in [0.1, 0.15) is 11.4 Å². The van der Waals surface area contributed by atoms with E-state index in [0.29, 0.717) is 0 Å². The minimum absolute atomic E-state index is 0.00223. The van der Waals surface area contributed by atoms with Crippen LogP contribution in [-0.2, 0) is 6.18 Å². The van der Waals surface area contributed by atoms with E-state index in [2.05, 4.69) is 5.10 Å². The monoisotopic (exact) mass is 284 g/mol. The second-order valence-electron chi connectivity index (χ2n) is 4.16. The second kappa shape index (κ2) is 4.55. The first-order valence-corrected chi connectivity index (χ1v) is 5.54. The molecule has 0 amide bonds. The van der Waals surface area contributed by atoms with E-state index in [4.69, 9.17) is 11.5 Å². The van der Waals surface area contributed by atoms with Crippen LogP contribution in [0.25, 0.3) is 5.69 Å². The number of rotatable bonds is 2. The molecule has 0 radical (unpaired) electrons. The Kier molecular flexibility index (Phi) is 3.16. The zero-order valence-corrected chi connectivity index (χ0v) is 10.4. The van der Waals surface area contributed by atoms with Crippen LogP contribution in [-0.4, -0.2) is 15.6 Å². The van der Waals surface area contributed by atoms with E-state index >= 15 is 0 Å². The predicted molar refractivity (Wildman–Crippen MR) is 67.4 cm³/mol. The first kappa shape index (κ1) is 13.9. The number of halogens is 3. The maximum atomic E-state index is 12.7. The molecule has 8 heteroatoms. The van der Waals surface area contributed by atoms with Crippen LogP contribution in [0.2, 0.25) is 0 Å². The summed E-state index contributed by atoms with van der Waals surface area (Å²) in [6.07, 6.45) is -4.48. The fourth-order valence-electron chi connectivity index (χ4n) is 1.82. The average Bonchev–Trinajstić information content (AvgIpc) is 2.64. The number of Topliss-reactive ketones (excluding diaryl/α,β-unsaturated/α-hetero) is 1. The van der Waals surface area contributed by atoms with Crippen LogP contribution in [0.15, 0.2) is 24.3 Å². The summed E-state index contributed by atoms with van der Waals surface area (Å²) in [6.45, 7) is 1.25. The lowest BCUT2D eigenvalue weighted by molar-refractivity contribution is -0.137. The Balaban J connectivity index is 2.58. The number of nitrogens with zero attached hydrogens (tertiary/aromatic N) is 2. The van der Waals surface area contributed by atoms with Gasteiger partial charge in [0, 0.05) is 0 Å². The third-order valence-corrected chi connectivity index (χ3v) is 2.72. The van der Waals surface area contributed by atoms with E-state index in [1.165, 1.54) is 19.1 Å². The molecule has 1 aromatic carbocycles. The first-order valence-electron chi connectivity index (χ1n) is 5.54. The molecule has 1 aromatic heterocycles. The number of carbonyl (C=O) groups is 1. The van der Waals surface area contributed by atoms with E-state index < -0.39 is 17.5 Å². The predicted octanol–water partition coefficient (Wildman–Crippen LogP) is 2.26. The topological polar surface area (TPSA) is 86.9 Å². The summed E-state index contributed by atoms with van der Waals surface area (Å²) in [6, 6.07) is 4.43. The lowest BCUT2D eigenvalue weighted by atomic mass is 10.2. The van der Waals surface area contributed by atoms with Crippen LogP contribution in [0.5, 0.6) is 0 Å². The largest absolute Gasteiger partial charge is 0.416 e. The van der Waals surface area contributed by atoms with Crippen molar-refractivity contribution in [2.75, 3.05) is 11.5 Å². The molecule has 0 aliphatic rings. The summed E-state index contributed by atoms with van der Waals surface area (Å²) in [5.41, 5.74) is 10.5. The summed E-state index contributed by atoms with van der Waals surface area (Å²) < 4.78 is 39.0. The third kappa shape index (κ3) is 2.31. The summed E-state index contributed by atoms with van der Waals surface area (Å²) in [7, 11) is 0. The quantitative estimate of drug-likeness (QED) is 0.828. The molecule has 0 aliphatic carbocycles. The second-order valence-corrected chi connectivity index (χ2v) is 4.16. The zero-order valence-electron chi connectivity index (χ0n) is 10.4. The van der Waals surface area contributed by atoms with Crippen molar-refractivity contribution >= 4 is 17.4 Å². The molecular formula is C12H11F3N4O. The lowest BCUT2D eigenvalue weighted by Gasteiger charge is -2.09. The first-order chi connectivity index (χ1) is 9.21. The van der Waals surface area contributed by atoms with Crippen molar-refractivity contribution in [1.82, 2.24) is 9.78 Å². The van der Waals surface area contributed by atoms with Crippen molar-refractivity contribution in [3.05, 3.63) is 35.4 Å². The van der Waals surface area contributed by atoms with Gasteiger partial charge in [0.25, 0.3) is 0 Å². The van der Waals surface area contributed by atoms with Gasteiger partial charge in [0.15, 0.2) is 11.6 Å². The number of benzene rings is 1. The van der Waals surface area contributed by atoms with Gasteiger partial charge in [-0.3, -0.25) is 4.79 Å². The number of alkyl halides is 3. The molecule has 1 heterocycles. The Labute approximate surface area is 112 Å². The number of hydrogen-bond acceptors (Lipinski definition) is 4. The highest BCUT2D eigenvalue weighted by Gasteiger charge is 2.31. The van der Waals surface area contributed by atoms with Gasteiger partial charge in [-0.2, -0.15) is 13.2 Å². The van der Waals surface area contributed by atoms with Crippen LogP contribution >= 0.6 is 0 Å². The molecule has 0 saturated heterocycles. The van der Waals surface area contributed by atoms with Gasteiger partial charge in [0.2, 0.25) is 0 Å². The van der Waals surface area contributed by atoms with Gasteiger partial charge < -0.3 is 11.5 Å². The minimum atomic E-state index is -4.48. The number of nitrogen functional groups attached to an aromatic ring is 2. The van der Waals surface area contributed by atoms with Crippen molar-refractivity contribution in [2.24, 2.45) is 0 Å². The molecule has 2 aromatic rings. The molecule has 0 spiro atoms. The number of ketones is 1. The van der Waals surface area contributed by atoms with Crippen LogP contribution in [0.3, 0.4) is 0 Å². The lowest BCUT2D eigenvalue weighted by Crippen LogP contribution is -2.08. The number of carbonyl (C=O) groups excluding carboxylic acids is 1. The van der Waals surface area contributed by atoms with Crippen molar-refractivity contribution in [2.45, 2.75) is 13.1 Å². The van der Waals surface area contributed by atoms with Crippen molar-refractivity contribution in [3.8, 4) is 5.69 Å². The summed E-state index contributed by atoms with van der Waals surface area (Å²) in [5.74, 6) is -0.611. The van der Waals surface area contributed by atoms with Gasteiger partial charge in [-0.05, 0) is 25.1 Å². The Bertz CT molecular complexity index is 676. The fourth-order valence-corrected chi connectivity index (χ4v) is 1.82. The van der Waals surface area contributed by atoms with Crippen molar-refractivity contribution < 1.29 is 18.0 Å². The Morgan fingerprint density at radius 2 is 1.95 bits per heavy atom. The SMILES string of the molecule is CC(=O)c1c(N)nn(-c2cccc(C(F)(F)F)c2)c1N. The highest BCUT2D eigenvalue weighted by Crippen LogP contribution is 2.31. The number of anilines is 2. The van der Waals surface area contributed by atoms with Gasteiger partial charge >= 0.3 is 6.18 Å². The van der Waals surface area contributed by atoms with E-state index in [-0.39, 0.29) is 22.9 Å². The van der Waals surface area contributed by atoms with Crippen molar-refractivity contribution in [1.29, 1.82) is 0 Å². The normalized spacial score (nSPS) is 11.6. The Morgan fingerprint density at radius 1 is 1.30 bits per heavy atom. The Morgan fingerprint density at radius 3 is 2.45 bits per heavy atom. The molecule has 4 N–H and O–H groups in total. The molecule has 0 bridgehead atoms. The maximum Gasteiger partial charge on any atom is 0.416 e. The smallest absolute Gasteiger partial charge is 0.383 e. The fraction of sp³-hybridized carbons (Fsp3) is 0.167. The van der Waals surface area contributed by atoms with E-state index in [1.807, 2.05) is 0 Å². The van der Waals surface area contributed by atoms with Gasteiger partial charge in [0.05, 0.1) is 11.3 Å². The maximum absolute atomic E-state index is 12.7. The minimum Gasteiger partial charge on any atom is -0.383 e. The van der Waals surface area contributed by atoms with E-state index in [9.17, 15) is 18.0 Å². The Hall–Kier alpha value is -2.51. The highest BCUT2D eigenvalue weighted by atomic mass is 19.4. The summed E-state index contributed by atoms with van der Waals surface area (Å²) in [4.78, 5) is 11.4. The van der Waals surface area contributed by atoms with E-state index in [1.54, 1.807) is 0 Å². The molecule has 106 valence electrons. The molecule has 0 unspecified atom stereocenters. The summed E-state index contributed by atoms with van der Waals surface area (Å²) >= 11 is 0. The summed E-state index contributed by atoms with van der Waals surface area (Å²) in [5, 5.41) is 3.81. The van der Waals surface area contributed by atoms with E-state index in [0.717, 1.165) is 16.8 Å². The highest BCUT2D eigenvalue weighted by molar-refractivity contribution is 6.02. The number of hydrogen-bond donors (Lipinski definition) is 2. The zero-order chi connectivity index (χ0) is 15.1. The number of aromatic nitrogens is 2. The molecule has 20 heavy (non-hydrogen) atoms. The standard InChI is InChI=1S/C12H11F3N4O/c1-6(20)9-10(16)18-19(11(9)17)8-4-2-3-7(5-8)12(13,14)15/h2-5H,17H2,1H3,(H2,16,18). The molecule has 0 aliphatic heterocycles. The van der Waals surface area contributed by atoms with Crippen LogP contribution in [0.4, 0.5) is 24.8 Å². The molecule has 0 saturated carbocycles. The van der Waals surface area contributed by atoms with Crippen LogP contribution in [0, 0.1) is 0 Å². The molecule has 0 fully saturated rings. The number of nitrogens with two attached hydrogens (primary N) is 2. The average molecular weight is 284 g/mol. The van der Waals surface area contributed by atoms with Gasteiger partial charge in [-0.25, -0.2) is 4.68 Å². The molecule has 2 rings (SSSR count). The third-order valence-electron chi connectivity index (χ3n) is 2.72. The van der Waals surface area contributed by atoms with Crippen molar-refractivity contribution in [3.63, 3.8) is 0 Å². The van der Waals surface area contributed by atoms with Gasteiger partial charge in [-0.15, -0.1) is 5.10 Å². The molecule has 5 nitrogen and oxygen atoms in total.